The van der Waals surface area contributed by atoms with Crippen molar-refractivity contribution in [2.24, 2.45) is 0 Å². The van der Waals surface area contributed by atoms with E-state index in [-0.39, 0.29) is 5.91 Å². The van der Waals surface area contributed by atoms with E-state index in [4.69, 9.17) is 9.47 Å². The Kier molecular flexibility index (Phi) is 5.76. The molecule has 0 fully saturated rings. The monoisotopic (exact) mass is 409 g/mol. The molecule has 150 valence electrons. The summed E-state index contributed by atoms with van der Waals surface area (Å²) in [5.74, 6) is 2.08. The molecule has 1 amide bonds. The molecule has 0 aliphatic carbocycles. The summed E-state index contributed by atoms with van der Waals surface area (Å²) in [6, 6.07) is 13.0. The number of imidazole rings is 1. The number of fused-ring (bicyclic) bond motifs is 1. The quantitative estimate of drug-likeness (QED) is 0.612. The smallest absolute Gasteiger partial charge is 0.255 e. The van der Waals surface area contributed by atoms with Gasteiger partial charge in [-0.15, -0.1) is 0 Å². The number of nitrogens with one attached hydrogen (secondary N) is 1. The first-order valence-electron chi connectivity index (χ1n) is 9.69. The van der Waals surface area contributed by atoms with Crippen molar-refractivity contribution in [2.75, 3.05) is 24.3 Å². The summed E-state index contributed by atoms with van der Waals surface area (Å²) < 4.78 is 13.4. The largest absolute Gasteiger partial charge is 0.490 e. The zero-order chi connectivity index (χ0) is 20.2. The van der Waals surface area contributed by atoms with Gasteiger partial charge >= 0.3 is 0 Å². The molecule has 1 N–H and O–H groups in total. The number of hydrogen-bond acceptors (Lipinski definition) is 5. The third kappa shape index (κ3) is 4.24. The topological polar surface area (TPSA) is 65.4 Å². The van der Waals surface area contributed by atoms with E-state index in [0.717, 1.165) is 34.4 Å². The lowest BCUT2D eigenvalue weighted by atomic mass is 10.1. The maximum atomic E-state index is 12.8. The van der Waals surface area contributed by atoms with Gasteiger partial charge in [0.2, 0.25) is 0 Å². The van der Waals surface area contributed by atoms with Crippen molar-refractivity contribution < 1.29 is 14.3 Å². The van der Waals surface area contributed by atoms with Gasteiger partial charge in [0, 0.05) is 35.3 Å². The highest BCUT2D eigenvalue weighted by Gasteiger charge is 2.16. The van der Waals surface area contributed by atoms with E-state index in [0.29, 0.717) is 30.3 Å². The van der Waals surface area contributed by atoms with Gasteiger partial charge in [-0.25, -0.2) is 4.98 Å². The van der Waals surface area contributed by atoms with Crippen LogP contribution >= 0.6 is 11.8 Å². The van der Waals surface area contributed by atoms with Gasteiger partial charge in [0.15, 0.2) is 16.7 Å². The molecular formula is C22H23N3O3S. The fourth-order valence-electron chi connectivity index (χ4n) is 3.20. The zero-order valence-corrected chi connectivity index (χ0v) is 17.3. The first-order valence-corrected chi connectivity index (χ1v) is 10.7. The second-order valence-electron chi connectivity index (χ2n) is 6.51. The molecule has 3 aromatic rings. The van der Waals surface area contributed by atoms with E-state index in [2.05, 4.69) is 21.1 Å². The van der Waals surface area contributed by atoms with Crippen LogP contribution in [-0.2, 0) is 6.54 Å². The van der Waals surface area contributed by atoms with E-state index in [1.54, 1.807) is 30.0 Å². The summed E-state index contributed by atoms with van der Waals surface area (Å²) in [6.07, 6.45) is 2.07. The normalized spacial score (nSPS) is 12.5. The van der Waals surface area contributed by atoms with Gasteiger partial charge in [-0.1, -0.05) is 23.9 Å². The SMILES string of the molecule is CCOc1ccc(C(=O)Nc2cccc(-c3cn4c(n3)SCC4)c2)cc1OCC. The number of aryl methyl sites for hydroxylation is 1. The standard InChI is InChI=1S/C22H23N3O3S/c1-3-27-19-9-8-16(13-20(19)28-4-2)21(26)23-17-7-5-6-15(12-17)18-14-25-10-11-29-22(25)24-18/h5-9,12-14H,3-4,10-11H2,1-2H3,(H,23,26). The highest BCUT2D eigenvalue weighted by molar-refractivity contribution is 7.99. The highest BCUT2D eigenvalue weighted by Crippen LogP contribution is 2.31. The van der Waals surface area contributed by atoms with Crippen LogP contribution in [-0.4, -0.2) is 34.4 Å². The van der Waals surface area contributed by atoms with E-state index >= 15 is 0 Å². The van der Waals surface area contributed by atoms with Gasteiger partial charge in [-0.05, 0) is 44.2 Å². The molecule has 1 aliphatic rings. The van der Waals surface area contributed by atoms with Crippen molar-refractivity contribution in [1.29, 1.82) is 0 Å². The minimum Gasteiger partial charge on any atom is -0.490 e. The predicted molar refractivity (Wildman–Crippen MR) is 115 cm³/mol. The van der Waals surface area contributed by atoms with Crippen molar-refractivity contribution in [3.8, 4) is 22.8 Å². The molecule has 0 spiro atoms. The predicted octanol–water partition coefficient (Wildman–Crippen LogP) is 4.71. The van der Waals surface area contributed by atoms with E-state index in [9.17, 15) is 4.79 Å². The highest BCUT2D eigenvalue weighted by atomic mass is 32.2. The number of nitrogens with zero attached hydrogens (tertiary/aromatic N) is 2. The van der Waals surface area contributed by atoms with Crippen LogP contribution in [0.25, 0.3) is 11.3 Å². The molecule has 1 aromatic heterocycles. The Morgan fingerprint density at radius 2 is 1.97 bits per heavy atom. The number of hydrogen-bond donors (Lipinski definition) is 1. The molecule has 1 aliphatic heterocycles. The molecule has 0 radical (unpaired) electrons. The van der Waals surface area contributed by atoms with Crippen LogP contribution in [0.3, 0.4) is 0 Å². The van der Waals surface area contributed by atoms with Gasteiger partial charge in [0.1, 0.15) is 0 Å². The number of carbonyl (C=O) groups is 1. The lowest BCUT2D eigenvalue weighted by Crippen LogP contribution is -2.12. The Balaban J connectivity index is 1.53. The second kappa shape index (κ2) is 8.61. The van der Waals surface area contributed by atoms with E-state index < -0.39 is 0 Å². The molecule has 0 atom stereocenters. The fraction of sp³-hybridized carbons (Fsp3) is 0.273. The van der Waals surface area contributed by atoms with Crippen LogP contribution in [0.5, 0.6) is 11.5 Å². The number of rotatable bonds is 7. The maximum Gasteiger partial charge on any atom is 0.255 e. The van der Waals surface area contributed by atoms with Crippen molar-refractivity contribution in [1.82, 2.24) is 9.55 Å². The van der Waals surface area contributed by atoms with Crippen molar-refractivity contribution in [2.45, 2.75) is 25.5 Å². The van der Waals surface area contributed by atoms with Gasteiger partial charge in [-0.2, -0.15) is 0 Å². The summed E-state index contributed by atoms with van der Waals surface area (Å²) in [7, 11) is 0. The lowest BCUT2D eigenvalue weighted by molar-refractivity contribution is 0.102. The molecule has 2 aromatic carbocycles. The van der Waals surface area contributed by atoms with Crippen LogP contribution in [0.15, 0.2) is 53.8 Å². The molecule has 0 bridgehead atoms. The number of ether oxygens (including phenoxy) is 2. The van der Waals surface area contributed by atoms with Crippen LogP contribution in [0, 0.1) is 0 Å². The first-order chi connectivity index (χ1) is 14.2. The zero-order valence-electron chi connectivity index (χ0n) is 16.5. The molecular weight excluding hydrogens is 386 g/mol. The first kappa shape index (κ1) is 19.4. The maximum absolute atomic E-state index is 12.8. The molecule has 0 saturated carbocycles. The fourth-order valence-corrected chi connectivity index (χ4v) is 4.14. The Labute approximate surface area is 174 Å². The number of benzene rings is 2. The van der Waals surface area contributed by atoms with E-state index in [1.165, 1.54) is 0 Å². The average molecular weight is 410 g/mol. The summed E-state index contributed by atoms with van der Waals surface area (Å²) in [4.78, 5) is 17.5. The Morgan fingerprint density at radius 1 is 1.14 bits per heavy atom. The number of anilines is 1. The second-order valence-corrected chi connectivity index (χ2v) is 7.58. The molecule has 2 heterocycles. The van der Waals surface area contributed by atoms with Crippen LogP contribution in [0.2, 0.25) is 0 Å². The van der Waals surface area contributed by atoms with Gasteiger partial charge in [0.05, 0.1) is 18.9 Å². The molecule has 4 rings (SSSR count). The summed E-state index contributed by atoms with van der Waals surface area (Å²) in [5, 5.41) is 4.01. The third-order valence-electron chi connectivity index (χ3n) is 4.53. The molecule has 0 unspecified atom stereocenters. The van der Waals surface area contributed by atoms with Gasteiger partial charge in [0.25, 0.3) is 5.91 Å². The van der Waals surface area contributed by atoms with Crippen LogP contribution < -0.4 is 14.8 Å². The van der Waals surface area contributed by atoms with Crippen LogP contribution in [0.4, 0.5) is 5.69 Å². The lowest BCUT2D eigenvalue weighted by Gasteiger charge is -2.12. The minimum atomic E-state index is -0.200. The molecule has 6 nitrogen and oxygen atoms in total. The summed E-state index contributed by atoms with van der Waals surface area (Å²) >= 11 is 1.77. The van der Waals surface area contributed by atoms with Crippen LogP contribution in [0.1, 0.15) is 24.2 Å². The number of carbonyl (C=O) groups excluding carboxylic acids is 1. The molecule has 7 heteroatoms. The van der Waals surface area contributed by atoms with Gasteiger partial charge in [-0.3, -0.25) is 4.79 Å². The number of amides is 1. The Hall–Kier alpha value is -2.93. The van der Waals surface area contributed by atoms with Crippen molar-refractivity contribution in [3.63, 3.8) is 0 Å². The summed E-state index contributed by atoms with van der Waals surface area (Å²) in [5.41, 5.74) is 3.13. The van der Waals surface area contributed by atoms with Crippen molar-refractivity contribution >= 4 is 23.4 Å². The Morgan fingerprint density at radius 3 is 2.76 bits per heavy atom. The van der Waals surface area contributed by atoms with Gasteiger partial charge < -0.3 is 19.4 Å². The number of thioether (sulfide) groups is 1. The average Bonchev–Trinajstić information content (AvgIpc) is 3.32. The van der Waals surface area contributed by atoms with Crippen molar-refractivity contribution in [3.05, 3.63) is 54.2 Å². The number of aromatic nitrogens is 2. The third-order valence-corrected chi connectivity index (χ3v) is 5.50. The molecule has 0 saturated heterocycles. The van der Waals surface area contributed by atoms with E-state index in [1.807, 2.05) is 38.1 Å². The molecule has 29 heavy (non-hydrogen) atoms. The Bertz CT molecular complexity index is 1010. The minimum absolute atomic E-state index is 0.200. The summed E-state index contributed by atoms with van der Waals surface area (Å²) in [6.45, 7) is 5.84.